The minimum absolute atomic E-state index is 0.158. The summed E-state index contributed by atoms with van der Waals surface area (Å²) in [6, 6.07) is 19.4. The van der Waals surface area contributed by atoms with Crippen molar-refractivity contribution in [2.24, 2.45) is 16.1 Å². The monoisotopic (exact) mass is 487 g/mol. The van der Waals surface area contributed by atoms with Crippen LogP contribution in [0.15, 0.2) is 83.9 Å². The quantitative estimate of drug-likeness (QED) is 0.612. The first kappa shape index (κ1) is 25.7. The molecule has 2 aliphatic rings. The van der Waals surface area contributed by atoms with Gasteiger partial charge in [0.25, 0.3) is 5.91 Å². The van der Waals surface area contributed by atoms with Crippen molar-refractivity contribution in [3.8, 4) is 0 Å². The van der Waals surface area contributed by atoms with Gasteiger partial charge in [-0.2, -0.15) is 13.2 Å². The van der Waals surface area contributed by atoms with Crippen LogP contribution in [-0.4, -0.2) is 52.8 Å². The second-order valence-electron chi connectivity index (χ2n) is 8.12. The lowest BCUT2D eigenvalue weighted by Gasteiger charge is -2.44. The number of hydrogen-bond acceptors (Lipinski definition) is 5. The Morgan fingerprint density at radius 1 is 1.11 bits per heavy atom. The molecule has 10 heteroatoms. The Morgan fingerprint density at radius 2 is 1.66 bits per heavy atom. The van der Waals surface area contributed by atoms with Gasteiger partial charge in [-0.1, -0.05) is 78.9 Å². The molecule has 0 aromatic heterocycles. The number of aliphatic imine (C=N–C) groups is 1. The first-order chi connectivity index (χ1) is 16.5. The molecule has 0 bridgehead atoms. The topological polar surface area (TPSA) is 116 Å². The third-order valence-corrected chi connectivity index (χ3v) is 6.04. The number of allylic oxidation sites excluding steroid dienone is 3. The van der Waals surface area contributed by atoms with E-state index in [-0.39, 0.29) is 18.5 Å². The van der Waals surface area contributed by atoms with Crippen LogP contribution in [-0.2, 0) is 15.1 Å². The van der Waals surface area contributed by atoms with Crippen molar-refractivity contribution in [2.75, 3.05) is 13.7 Å². The van der Waals surface area contributed by atoms with Crippen LogP contribution in [0.5, 0.6) is 0 Å². The molecule has 2 unspecified atom stereocenters. The number of halogens is 3. The van der Waals surface area contributed by atoms with E-state index in [0.29, 0.717) is 6.42 Å². The number of carbonyl (C=O) groups excluding carboxylic acids is 1. The smallest absolute Gasteiger partial charge is 0.475 e. The van der Waals surface area contributed by atoms with Gasteiger partial charge in [0.05, 0.1) is 12.0 Å². The van der Waals surface area contributed by atoms with E-state index >= 15 is 0 Å². The van der Waals surface area contributed by atoms with Crippen LogP contribution in [0.25, 0.3) is 5.57 Å². The molecule has 0 saturated carbocycles. The minimum atomic E-state index is -5.08. The van der Waals surface area contributed by atoms with Gasteiger partial charge >= 0.3 is 12.1 Å². The second-order valence-corrected chi connectivity index (χ2v) is 8.12. The first-order valence-electron chi connectivity index (χ1n) is 10.5. The van der Waals surface area contributed by atoms with Crippen LogP contribution < -0.4 is 5.73 Å². The minimum Gasteiger partial charge on any atom is -0.475 e. The number of carbonyl (C=O) groups is 2. The van der Waals surface area contributed by atoms with E-state index in [2.05, 4.69) is 4.99 Å². The van der Waals surface area contributed by atoms with E-state index in [4.69, 9.17) is 15.6 Å². The summed E-state index contributed by atoms with van der Waals surface area (Å²) in [7, 11) is 1.62. The van der Waals surface area contributed by atoms with Crippen LogP contribution in [0.1, 0.15) is 17.5 Å². The summed E-state index contributed by atoms with van der Waals surface area (Å²) < 4.78 is 31.7. The molecule has 1 aliphatic carbocycles. The van der Waals surface area contributed by atoms with Crippen molar-refractivity contribution in [3.05, 3.63) is 90.0 Å². The van der Waals surface area contributed by atoms with E-state index in [1.165, 1.54) is 4.90 Å². The molecule has 0 radical (unpaired) electrons. The van der Waals surface area contributed by atoms with Crippen LogP contribution >= 0.6 is 0 Å². The van der Waals surface area contributed by atoms with Crippen LogP contribution in [0.4, 0.5) is 13.2 Å². The molecule has 2 aromatic rings. The number of alkyl halides is 3. The summed E-state index contributed by atoms with van der Waals surface area (Å²) >= 11 is 0. The Morgan fingerprint density at radius 3 is 2.11 bits per heavy atom. The van der Waals surface area contributed by atoms with Crippen molar-refractivity contribution in [2.45, 2.75) is 18.1 Å². The lowest BCUT2D eigenvalue weighted by molar-refractivity contribution is -0.192. The number of aliphatic hydroxyl groups is 1. The largest absolute Gasteiger partial charge is 0.490 e. The summed E-state index contributed by atoms with van der Waals surface area (Å²) in [5, 5.41) is 17.7. The summed E-state index contributed by atoms with van der Waals surface area (Å²) in [6.45, 7) is -0.237. The number of aliphatic hydroxyl groups excluding tert-OH is 1. The highest BCUT2D eigenvalue weighted by Crippen LogP contribution is 2.53. The molecule has 1 heterocycles. The number of hydrogen-bond donors (Lipinski definition) is 3. The van der Waals surface area contributed by atoms with Crippen molar-refractivity contribution in [3.63, 3.8) is 0 Å². The van der Waals surface area contributed by atoms with Crippen LogP contribution in [0, 0.1) is 5.41 Å². The average molecular weight is 487 g/mol. The van der Waals surface area contributed by atoms with Crippen molar-refractivity contribution in [1.82, 2.24) is 4.90 Å². The number of rotatable bonds is 4. The number of nitrogens with zero attached hydrogens (tertiary/aromatic N) is 2. The molecule has 0 spiro atoms. The molecule has 1 amide bonds. The number of benzene rings is 2. The standard InChI is InChI=1S/C23H23N3O2.C2HF3O2/c1-26-20(28)23(25-21(26)24,19-12-6-3-7-13-19)22(16-27)14-8-11-18(15-22)17-9-4-2-5-10-17;3-2(4,5)1(6)7/h2-14,27H,15-16H2,1H3,(H2,24,25);(H,6,7). The van der Waals surface area contributed by atoms with E-state index in [1.54, 1.807) is 7.05 Å². The zero-order valence-electron chi connectivity index (χ0n) is 18.7. The fraction of sp³-hybridized carbons (Fsp3) is 0.240. The van der Waals surface area contributed by atoms with Gasteiger partial charge < -0.3 is 15.9 Å². The second kappa shape index (κ2) is 9.75. The molecule has 35 heavy (non-hydrogen) atoms. The molecule has 4 rings (SSSR count). The maximum atomic E-state index is 13.5. The van der Waals surface area contributed by atoms with Crippen molar-refractivity contribution in [1.29, 1.82) is 0 Å². The Bertz CT molecular complexity index is 1180. The molecule has 7 nitrogen and oxygen atoms in total. The zero-order valence-corrected chi connectivity index (χ0v) is 18.7. The lowest BCUT2D eigenvalue weighted by Crippen LogP contribution is -2.53. The van der Waals surface area contributed by atoms with E-state index in [1.807, 2.05) is 78.9 Å². The van der Waals surface area contributed by atoms with E-state index in [0.717, 1.165) is 16.7 Å². The maximum Gasteiger partial charge on any atom is 0.490 e. The highest BCUT2D eigenvalue weighted by atomic mass is 19.4. The number of nitrogens with two attached hydrogens (primary N) is 1. The number of carboxylic acids is 1. The SMILES string of the molecule is CN1C(=O)C(c2ccccc2)(C2(CO)C=CC=C(c3ccccc3)C2)N=C1N.O=C(O)C(F)(F)F. The summed E-state index contributed by atoms with van der Waals surface area (Å²) in [6.07, 6.45) is 1.22. The molecule has 0 fully saturated rings. The van der Waals surface area contributed by atoms with Crippen LogP contribution in [0.2, 0.25) is 0 Å². The fourth-order valence-corrected chi connectivity index (χ4v) is 4.25. The van der Waals surface area contributed by atoms with Gasteiger partial charge in [0.15, 0.2) is 11.5 Å². The molecular formula is C25H24F3N3O4. The number of guanidine groups is 1. The molecule has 1 aliphatic heterocycles. The van der Waals surface area contributed by atoms with Crippen LogP contribution in [0.3, 0.4) is 0 Å². The van der Waals surface area contributed by atoms with Gasteiger partial charge in [-0.05, 0) is 23.1 Å². The molecular weight excluding hydrogens is 463 g/mol. The third-order valence-electron chi connectivity index (χ3n) is 6.04. The van der Waals surface area contributed by atoms with Gasteiger partial charge in [0, 0.05) is 7.05 Å². The zero-order chi connectivity index (χ0) is 25.9. The number of likely N-dealkylation sites (N-methyl/N-ethyl adjacent to an activating group) is 1. The number of amides is 1. The Balaban J connectivity index is 0.000000429. The van der Waals surface area contributed by atoms with Crippen molar-refractivity contribution >= 4 is 23.4 Å². The third kappa shape index (κ3) is 4.69. The fourth-order valence-electron chi connectivity index (χ4n) is 4.25. The normalized spacial score (nSPS) is 23.8. The van der Waals surface area contributed by atoms with Gasteiger partial charge in [-0.3, -0.25) is 9.69 Å². The number of carboxylic acid groups (broad SMARTS) is 1. The molecule has 4 N–H and O–H groups in total. The molecule has 2 aromatic carbocycles. The Hall–Kier alpha value is -3.92. The van der Waals surface area contributed by atoms with Gasteiger partial charge in [0.2, 0.25) is 0 Å². The Kier molecular flexibility index (Phi) is 7.16. The predicted octanol–water partition coefficient (Wildman–Crippen LogP) is 3.32. The lowest BCUT2D eigenvalue weighted by atomic mass is 9.61. The molecule has 0 saturated heterocycles. The van der Waals surface area contributed by atoms with Gasteiger partial charge in [0.1, 0.15) is 0 Å². The summed E-state index contributed by atoms with van der Waals surface area (Å²) in [5.74, 6) is -2.83. The molecule has 184 valence electrons. The van der Waals surface area contributed by atoms with E-state index in [9.17, 15) is 23.1 Å². The Labute approximate surface area is 199 Å². The predicted molar refractivity (Wildman–Crippen MR) is 124 cm³/mol. The summed E-state index contributed by atoms with van der Waals surface area (Å²) in [5.41, 5.74) is 6.65. The van der Waals surface area contributed by atoms with Gasteiger partial charge in [-0.15, -0.1) is 0 Å². The maximum absolute atomic E-state index is 13.5. The van der Waals surface area contributed by atoms with E-state index < -0.39 is 23.1 Å². The average Bonchev–Trinajstić information content (AvgIpc) is 3.10. The van der Waals surface area contributed by atoms with Crippen molar-refractivity contribution < 1.29 is 33.0 Å². The first-order valence-corrected chi connectivity index (χ1v) is 10.5. The van der Waals surface area contributed by atoms with Gasteiger partial charge in [-0.25, -0.2) is 9.79 Å². The molecule has 2 atom stereocenters. The summed E-state index contributed by atoms with van der Waals surface area (Å²) in [4.78, 5) is 28.5. The highest BCUT2D eigenvalue weighted by Gasteiger charge is 2.61. The highest BCUT2D eigenvalue weighted by molar-refractivity contribution is 6.08. The number of aliphatic carboxylic acids is 1.